The predicted molar refractivity (Wildman–Crippen MR) is 80.2 cm³/mol. The Morgan fingerprint density at radius 3 is 2.70 bits per heavy atom. The summed E-state index contributed by atoms with van der Waals surface area (Å²) in [6.07, 6.45) is 0. The Hall–Kier alpha value is -1.78. The first-order chi connectivity index (χ1) is 9.49. The molecule has 1 heterocycles. The molecule has 3 aromatic rings. The van der Waals surface area contributed by atoms with Gasteiger partial charge < -0.3 is 5.73 Å². The summed E-state index contributed by atoms with van der Waals surface area (Å²) in [6.45, 7) is 1.85. The van der Waals surface area contributed by atoms with Crippen LogP contribution in [0.5, 0.6) is 0 Å². The minimum Gasteiger partial charge on any atom is -0.369 e. The van der Waals surface area contributed by atoms with Gasteiger partial charge in [0.05, 0.1) is 16.2 Å². The number of halogens is 3. The number of nitrogens with two attached hydrogens (primary N) is 1. The number of nitrogens with zero attached hydrogens (tertiary/aromatic N) is 2. The van der Waals surface area contributed by atoms with Gasteiger partial charge in [0.25, 0.3) is 0 Å². The van der Waals surface area contributed by atoms with Gasteiger partial charge in [-0.3, -0.25) is 4.57 Å². The number of imidazole rings is 1. The van der Waals surface area contributed by atoms with Crippen molar-refractivity contribution in [2.24, 2.45) is 0 Å². The zero-order valence-corrected chi connectivity index (χ0v) is 12.0. The lowest BCUT2D eigenvalue weighted by atomic mass is 10.2. The van der Waals surface area contributed by atoms with Gasteiger partial charge in [-0.25, -0.2) is 9.37 Å². The van der Waals surface area contributed by atoms with Crippen LogP contribution in [0.15, 0.2) is 30.3 Å². The Bertz CT molecular complexity index is 827. The highest BCUT2D eigenvalue weighted by molar-refractivity contribution is 6.35. The van der Waals surface area contributed by atoms with E-state index in [-0.39, 0.29) is 11.5 Å². The number of para-hydroxylation sites is 1. The van der Waals surface area contributed by atoms with Crippen molar-refractivity contribution in [3.8, 4) is 5.69 Å². The zero-order valence-electron chi connectivity index (χ0n) is 10.5. The summed E-state index contributed by atoms with van der Waals surface area (Å²) < 4.78 is 15.3. The molecule has 0 bridgehead atoms. The summed E-state index contributed by atoms with van der Waals surface area (Å²) in [5, 5.41) is 1.03. The van der Waals surface area contributed by atoms with Gasteiger partial charge in [0.1, 0.15) is 5.52 Å². The van der Waals surface area contributed by atoms with E-state index >= 15 is 0 Å². The highest BCUT2D eigenvalue weighted by atomic mass is 35.5. The molecule has 20 heavy (non-hydrogen) atoms. The lowest BCUT2D eigenvalue weighted by molar-refractivity contribution is 0.637. The molecule has 0 radical (unpaired) electrons. The molecule has 2 N–H and O–H groups in total. The number of aryl methyl sites for hydroxylation is 1. The van der Waals surface area contributed by atoms with Crippen LogP contribution in [0.25, 0.3) is 16.7 Å². The normalized spacial score (nSPS) is 11.2. The molecule has 0 atom stereocenters. The summed E-state index contributed by atoms with van der Waals surface area (Å²) in [4.78, 5) is 4.05. The fourth-order valence-corrected chi connectivity index (χ4v) is 2.60. The maximum Gasteiger partial charge on any atom is 0.206 e. The van der Waals surface area contributed by atoms with Gasteiger partial charge in [-0.2, -0.15) is 0 Å². The molecular weight excluding hydrogens is 300 g/mol. The summed E-state index contributed by atoms with van der Waals surface area (Å²) in [5.74, 6) is -0.269. The van der Waals surface area contributed by atoms with Crippen LogP contribution >= 0.6 is 23.2 Å². The van der Waals surface area contributed by atoms with E-state index in [1.54, 1.807) is 28.8 Å². The van der Waals surface area contributed by atoms with Crippen molar-refractivity contribution in [1.29, 1.82) is 0 Å². The third-order valence-corrected chi connectivity index (χ3v) is 3.84. The zero-order chi connectivity index (χ0) is 14.4. The minimum absolute atomic E-state index is 0.159. The van der Waals surface area contributed by atoms with E-state index in [1.165, 1.54) is 6.07 Å². The van der Waals surface area contributed by atoms with Crippen LogP contribution in [0.1, 0.15) is 5.56 Å². The van der Waals surface area contributed by atoms with Crippen LogP contribution in [-0.4, -0.2) is 9.55 Å². The van der Waals surface area contributed by atoms with Crippen LogP contribution in [0.2, 0.25) is 10.0 Å². The summed E-state index contributed by atoms with van der Waals surface area (Å²) in [7, 11) is 0. The van der Waals surface area contributed by atoms with E-state index in [0.717, 1.165) is 5.56 Å². The van der Waals surface area contributed by atoms with Crippen molar-refractivity contribution in [3.05, 3.63) is 51.8 Å². The first-order valence-electron chi connectivity index (χ1n) is 5.87. The van der Waals surface area contributed by atoms with E-state index in [0.29, 0.717) is 21.2 Å². The lowest BCUT2D eigenvalue weighted by Gasteiger charge is -2.10. The molecule has 1 aromatic heterocycles. The molecule has 0 amide bonds. The van der Waals surface area contributed by atoms with Gasteiger partial charge in [-0.15, -0.1) is 0 Å². The molecule has 102 valence electrons. The molecule has 3 rings (SSSR count). The second-order valence-electron chi connectivity index (χ2n) is 4.47. The number of rotatable bonds is 1. The van der Waals surface area contributed by atoms with Gasteiger partial charge in [-0.05, 0) is 36.8 Å². The average molecular weight is 310 g/mol. The third kappa shape index (κ3) is 1.92. The fourth-order valence-electron chi connectivity index (χ4n) is 2.14. The van der Waals surface area contributed by atoms with E-state index in [1.807, 2.05) is 6.92 Å². The van der Waals surface area contributed by atoms with Crippen LogP contribution in [0.4, 0.5) is 10.3 Å². The van der Waals surface area contributed by atoms with Crippen molar-refractivity contribution < 1.29 is 4.39 Å². The molecule has 3 nitrogen and oxygen atoms in total. The summed E-state index contributed by atoms with van der Waals surface area (Å²) in [5.41, 5.74) is 8.08. The monoisotopic (exact) mass is 309 g/mol. The van der Waals surface area contributed by atoms with Gasteiger partial charge >= 0.3 is 0 Å². The maximum atomic E-state index is 13.7. The Kier molecular flexibility index (Phi) is 3.07. The minimum atomic E-state index is -0.428. The first kappa shape index (κ1) is 13.2. The molecule has 0 unspecified atom stereocenters. The van der Waals surface area contributed by atoms with Crippen molar-refractivity contribution in [1.82, 2.24) is 9.55 Å². The highest BCUT2D eigenvalue weighted by Gasteiger charge is 2.16. The number of hydrogen-bond donors (Lipinski definition) is 1. The number of fused-ring (bicyclic) bond motifs is 1. The summed E-state index contributed by atoms with van der Waals surface area (Å²) >= 11 is 12.4. The molecule has 2 aromatic carbocycles. The SMILES string of the molecule is Cc1cc(Cl)c(-n2c(N)nc3c(F)cccc32)cc1Cl. The number of aromatic nitrogens is 2. The van der Waals surface area contributed by atoms with Crippen LogP contribution in [0.3, 0.4) is 0 Å². The molecule has 6 heteroatoms. The van der Waals surface area contributed by atoms with Crippen LogP contribution in [-0.2, 0) is 0 Å². The van der Waals surface area contributed by atoms with Gasteiger partial charge in [0.15, 0.2) is 5.82 Å². The Morgan fingerprint density at radius 1 is 1.20 bits per heavy atom. The number of anilines is 1. The first-order valence-corrected chi connectivity index (χ1v) is 6.63. The molecule has 0 aliphatic rings. The molecule has 0 aliphatic carbocycles. The highest BCUT2D eigenvalue weighted by Crippen LogP contribution is 2.32. The van der Waals surface area contributed by atoms with E-state index in [9.17, 15) is 4.39 Å². The van der Waals surface area contributed by atoms with E-state index in [2.05, 4.69) is 4.98 Å². The van der Waals surface area contributed by atoms with Crippen molar-refractivity contribution in [3.63, 3.8) is 0 Å². The maximum absolute atomic E-state index is 13.7. The topological polar surface area (TPSA) is 43.8 Å². The number of hydrogen-bond acceptors (Lipinski definition) is 2. The quantitative estimate of drug-likeness (QED) is 0.725. The largest absolute Gasteiger partial charge is 0.369 e. The smallest absolute Gasteiger partial charge is 0.206 e. The van der Waals surface area contributed by atoms with E-state index in [4.69, 9.17) is 28.9 Å². The second-order valence-corrected chi connectivity index (χ2v) is 5.28. The van der Waals surface area contributed by atoms with Gasteiger partial charge in [0, 0.05) is 5.02 Å². The molecular formula is C14H10Cl2FN3. The van der Waals surface area contributed by atoms with Crippen LogP contribution < -0.4 is 5.73 Å². The fraction of sp³-hybridized carbons (Fsp3) is 0.0714. The molecule has 0 saturated carbocycles. The van der Waals surface area contributed by atoms with Crippen molar-refractivity contribution in [2.45, 2.75) is 6.92 Å². The van der Waals surface area contributed by atoms with Crippen LogP contribution in [0, 0.1) is 12.7 Å². The number of benzene rings is 2. The average Bonchev–Trinajstić information content (AvgIpc) is 2.72. The van der Waals surface area contributed by atoms with Crippen molar-refractivity contribution >= 4 is 40.2 Å². The predicted octanol–water partition coefficient (Wildman–Crippen LogP) is 4.36. The van der Waals surface area contributed by atoms with Crippen molar-refractivity contribution in [2.75, 3.05) is 5.73 Å². The number of nitrogen functional groups attached to an aromatic ring is 1. The Labute approximate surface area is 124 Å². The molecule has 0 fully saturated rings. The molecule has 0 spiro atoms. The van der Waals surface area contributed by atoms with Gasteiger partial charge in [0.2, 0.25) is 5.95 Å². The summed E-state index contributed by atoms with van der Waals surface area (Å²) in [6, 6.07) is 8.10. The Morgan fingerprint density at radius 2 is 1.95 bits per heavy atom. The molecule has 0 aliphatic heterocycles. The lowest BCUT2D eigenvalue weighted by Crippen LogP contribution is -2.01. The third-order valence-electron chi connectivity index (χ3n) is 3.13. The Balaban J connectivity index is 2.38. The van der Waals surface area contributed by atoms with Gasteiger partial charge in [-0.1, -0.05) is 29.3 Å². The second kappa shape index (κ2) is 4.65. The van der Waals surface area contributed by atoms with E-state index < -0.39 is 5.82 Å². The molecule has 0 saturated heterocycles. The standard InChI is InChI=1S/C14H10Cl2FN3/c1-7-5-9(16)12(6-8(7)15)20-11-4-2-3-10(17)13(11)19-14(20)18/h2-6H,1H3,(H2,18,19).